The van der Waals surface area contributed by atoms with Crippen molar-refractivity contribution in [1.82, 2.24) is 9.97 Å². The van der Waals surface area contributed by atoms with E-state index in [0.29, 0.717) is 6.20 Å². The van der Waals surface area contributed by atoms with Crippen molar-refractivity contribution in [2.75, 3.05) is 6.61 Å². The summed E-state index contributed by atoms with van der Waals surface area (Å²) in [6.45, 7) is -1.16. The number of hydrogen-bond donors (Lipinski definition) is 6. The zero-order valence-electron chi connectivity index (χ0n) is 13.6. The molecule has 1 fully saturated rings. The summed E-state index contributed by atoms with van der Waals surface area (Å²) in [4.78, 5) is 51.1. The van der Waals surface area contributed by atoms with Gasteiger partial charge in [0.15, 0.2) is 6.17 Å². The van der Waals surface area contributed by atoms with Crippen LogP contribution in [-0.4, -0.2) is 59.6 Å². The van der Waals surface area contributed by atoms with Gasteiger partial charge >= 0.3 is 23.5 Å². The fourth-order valence-corrected chi connectivity index (χ4v) is 5.17. The van der Waals surface area contributed by atoms with Crippen molar-refractivity contribution in [2.24, 2.45) is 0 Å². The van der Waals surface area contributed by atoms with E-state index in [2.05, 4.69) is 18.1 Å². The zero-order valence-corrected chi connectivity index (χ0v) is 16.3. The number of nitrogens with zero attached hydrogens (tertiary/aromatic N) is 1. The molecule has 1 aliphatic rings. The number of ether oxygens (including phenoxy) is 1. The van der Waals surface area contributed by atoms with Crippen LogP contribution < -0.4 is 5.56 Å². The minimum atomic E-state index is -5.77. The molecule has 20 heteroatoms. The maximum absolute atomic E-state index is 14.2. The van der Waals surface area contributed by atoms with Gasteiger partial charge in [-0.3, -0.25) is 14.3 Å². The van der Waals surface area contributed by atoms with Crippen molar-refractivity contribution in [1.29, 1.82) is 0 Å². The largest absolute Gasteiger partial charge is 0.490 e. The van der Waals surface area contributed by atoms with Crippen molar-refractivity contribution in [3.05, 3.63) is 28.2 Å². The van der Waals surface area contributed by atoms with Crippen molar-refractivity contribution < 1.29 is 65.0 Å². The van der Waals surface area contributed by atoms with Gasteiger partial charge in [-0.25, -0.2) is 23.1 Å². The first kappa shape index (κ1) is 24.3. The highest BCUT2D eigenvalue weighted by Crippen LogP contribution is 2.66. The smallest absolute Gasteiger partial charge is 0.387 e. The first-order valence-corrected chi connectivity index (χ1v) is 11.6. The summed E-state index contributed by atoms with van der Waals surface area (Å²) in [5.41, 5.74) is -1.67. The van der Waals surface area contributed by atoms with Gasteiger partial charge in [0.25, 0.3) is 5.56 Å². The highest BCUT2D eigenvalue weighted by molar-refractivity contribution is 7.66. The van der Waals surface area contributed by atoms with Gasteiger partial charge in [-0.05, 0) is 0 Å². The van der Waals surface area contributed by atoms with Crippen molar-refractivity contribution in [2.45, 2.75) is 24.5 Å². The first-order valence-electron chi connectivity index (χ1n) is 7.11. The molecular weight excluding hydrogens is 475 g/mol. The van der Waals surface area contributed by atoms with Crippen molar-refractivity contribution in [3.63, 3.8) is 0 Å². The minimum Gasteiger partial charge on any atom is -0.387 e. The predicted octanol–water partition coefficient (Wildman–Crippen LogP) is -0.609. The lowest BCUT2D eigenvalue weighted by Gasteiger charge is -2.19. The van der Waals surface area contributed by atoms with Crippen LogP contribution in [0.25, 0.3) is 0 Å². The third-order valence-electron chi connectivity index (χ3n) is 3.18. The summed E-state index contributed by atoms with van der Waals surface area (Å²) in [5, 5.41) is 9.77. The molecule has 0 saturated carbocycles. The van der Waals surface area contributed by atoms with Crippen LogP contribution in [0.15, 0.2) is 11.0 Å². The van der Waals surface area contributed by atoms with E-state index < -0.39 is 71.8 Å². The molecule has 0 aliphatic carbocycles. The second kappa shape index (κ2) is 8.67. The van der Waals surface area contributed by atoms with E-state index in [1.807, 2.05) is 0 Å². The summed E-state index contributed by atoms with van der Waals surface area (Å²) in [6.07, 6.45) is -7.36. The molecule has 1 saturated heterocycles. The van der Waals surface area contributed by atoms with Crippen molar-refractivity contribution in [3.8, 4) is 0 Å². The number of H-pyrrole nitrogens is 1. The molecular formula is C9H13F2N2O13P3. The third-order valence-corrected chi connectivity index (χ3v) is 6.99. The van der Waals surface area contributed by atoms with Gasteiger partial charge in [0.05, 0.1) is 12.8 Å². The lowest BCUT2D eigenvalue weighted by Crippen LogP contribution is -2.31. The molecule has 29 heavy (non-hydrogen) atoms. The van der Waals surface area contributed by atoms with Crippen LogP contribution in [0.3, 0.4) is 0 Å². The molecule has 0 aromatic carbocycles. The molecule has 6 atom stereocenters. The number of rotatable bonds is 8. The third kappa shape index (κ3) is 6.79. The normalized spacial score (nSPS) is 29.3. The highest BCUT2D eigenvalue weighted by Gasteiger charge is 2.48. The van der Waals surface area contributed by atoms with E-state index in [0.717, 1.165) is 0 Å². The topological polar surface area (TPSA) is 235 Å². The second-order valence-corrected chi connectivity index (χ2v) is 9.78. The second-order valence-electron chi connectivity index (χ2n) is 5.36. The summed E-state index contributed by atoms with van der Waals surface area (Å²) in [7, 11) is -16.9. The lowest BCUT2D eigenvalue weighted by atomic mass is 10.1. The maximum atomic E-state index is 14.2. The van der Waals surface area contributed by atoms with Gasteiger partial charge in [0.2, 0.25) is 5.95 Å². The monoisotopic (exact) mass is 488 g/mol. The van der Waals surface area contributed by atoms with Crippen LogP contribution in [0.2, 0.25) is 0 Å². The summed E-state index contributed by atoms with van der Waals surface area (Å²) in [6, 6.07) is 0. The van der Waals surface area contributed by atoms with Gasteiger partial charge in [-0.2, -0.15) is 13.0 Å². The van der Waals surface area contributed by atoms with Crippen LogP contribution in [0.1, 0.15) is 11.8 Å². The number of phosphoric ester groups is 1. The highest BCUT2D eigenvalue weighted by atomic mass is 31.3. The molecule has 2 heterocycles. The van der Waals surface area contributed by atoms with E-state index in [4.69, 9.17) is 19.4 Å². The Balaban J connectivity index is 2.05. The van der Waals surface area contributed by atoms with Gasteiger partial charge < -0.3 is 29.4 Å². The fraction of sp³-hybridized carbons (Fsp3) is 0.556. The zero-order chi connectivity index (χ0) is 22.2. The van der Waals surface area contributed by atoms with Crippen LogP contribution in [0, 0.1) is 5.95 Å². The van der Waals surface area contributed by atoms with E-state index in [-0.39, 0.29) is 0 Å². The molecule has 166 valence electrons. The summed E-state index contributed by atoms with van der Waals surface area (Å²) < 4.78 is 77.3. The molecule has 6 N–H and O–H groups in total. The van der Waals surface area contributed by atoms with Crippen molar-refractivity contribution >= 4 is 23.5 Å². The fourth-order valence-electron chi connectivity index (χ4n) is 2.14. The van der Waals surface area contributed by atoms with E-state index in [1.54, 1.807) is 4.98 Å². The van der Waals surface area contributed by atoms with Crippen LogP contribution in [0.5, 0.6) is 0 Å². The molecule has 3 unspecified atom stereocenters. The molecule has 2 rings (SSSR count). The Morgan fingerprint density at radius 2 is 1.79 bits per heavy atom. The van der Waals surface area contributed by atoms with Crippen LogP contribution >= 0.6 is 23.5 Å². The molecule has 0 radical (unpaired) electrons. The van der Waals surface area contributed by atoms with E-state index in [1.165, 1.54) is 0 Å². The number of hydrogen-bond acceptors (Lipinski definition) is 10. The number of aliphatic hydroxyl groups excluding tert-OH is 1. The number of aliphatic hydroxyl groups is 1. The van der Waals surface area contributed by atoms with Gasteiger partial charge in [-0.15, -0.1) is 0 Å². The Kier molecular flexibility index (Phi) is 7.28. The molecule has 1 aromatic heterocycles. The average Bonchev–Trinajstić information content (AvgIpc) is 2.78. The first-order chi connectivity index (χ1) is 13.1. The maximum Gasteiger partial charge on any atom is 0.490 e. The lowest BCUT2D eigenvalue weighted by molar-refractivity contribution is -0.0243. The Morgan fingerprint density at radius 3 is 2.34 bits per heavy atom. The average molecular weight is 488 g/mol. The van der Waals surface area contributed by atoms with E-state index >= 15 is 0 Å². The molecule has 0 amide bonds. The van der Waals surface area contributed by atoms with Crippen LogP contribution in [-0.2, 0) is 31.6 Å². The number of aromatic nitrogens is 2. The van der Waals surface area contributed by atoms with Gasteiger partial charge in [0, 0.05) is 0 Å². The Morgan fingerprint density at radius 1 is 1.17 bits per heavy atom. The van der Waals surface area contributed by atoms with Crippen LogP contribution in [0.4, 0.5) is 8.78 Å². The molecule has 1 aliphatic heterocycles. The molecule has 1 aromatic rings. The summed E-state index contributed by atoms with van der Waals surface area (Å²) >= 11 is 0. The molecule has 0 spiro atoms. The Bertz CT molecular complexity index is 952. The SMILES string of the molecule is O=c1cnc([C@@H]2O[C@H](COP(=O)(O)OP(=O)(O)OP(=O)(O)O)C(O)[C@@H]2F)c(F)[nH]1. The Labute approximate surface area is 158 Å². The molecule has 15 nitrogen and oxygen atoms in total. The number of aromatic amines is 1. The predicted molar refractivity (Wildman–Crippen MR) is 83.1 cm³/mol. The number of halogens is 2. The molecule has 0 bridgehead atoms. The standard InChI is InChI=1S/C9H13F2N2O13P3/c10-5-7(15)3(24-8(5)6-9(11)13-4(14)1-12-6)2-23-28(19,20)26-29(21,22)25-27(16,17)18/h1,3,5,7-8,15H,2H2,(H,13,14)(H,19,20)(H,21,22)(H2,16,17,18)/t3-,5+,7?,8-/m1/s1. The van der Waals surface area contributed by atoms with E-state index in [9.17, 15) is 37.3 Å². The van der Waals surface area contributed by atoms with Gasteiger partial charge in [-0.1, -0.05) is 0 Å². The summed E-state index contributed by atoms with van der Waals surface area (Å²) in [5.74, 6) is -1.36. The minimum absolute atomic E-state index is 0.611. The quantitative estimate of drug-likeness (QED) is 0.251. The number of phosphoric acid groups is 3. The van der Waals surface area contributed by atoms with Gasteiger partial charge in [0.1, 0.15) is 24.0 Å². The number of nitrogens with one attached hydrogen (secondary N) is 1. The number of alkyl halides is 1. The Hall–Kier alpha value is -0.930.